The standard InChI is InChI=1S/C22H26N2OS/c1-2-4-21(5-3-1)24-12-10-23(11-13-24)14-16-25-15-8-19-6-7-22-20(18-19)9-17-26-22/h1-7,9,17-18H,8,10-16H2. The van der Waals surface area contributed by atoms with E-state index in [9.17, 15) is 0 Å². The van der Waals surface area contributed by atoms with Gasteiger partial charge in [-0.2, -0.15) is 0 Å². The maximum atomic E-state index is 5.89. The molecule has 2 heterocycles. The molecule has 1 saturated heterocycles. The number of hydrogen-bond acceptors (Lipinski definition) is 4. The first kappa shape index (κ1) is 17.5. The molecule has 136 valence electrons. The fraction of sp³-hybridized carbons (Fsp3) is 0.364. The lowest BCUT2D eigenvalue weighted by molar-refractivity contribution is 0.104. The normalized spacial score (nSPS) is 15.6. The van der Waals surface area contributed by atoms with Crippen LogP contribution in [0, 0.1) is 0 Å². The molecule has 1 aliphatic rings. The van der Waals surface area contributed by atoms with E-state index >= 15 is 0 Å². The maximum absolute atomic E-state index is 5.89. The van der Waals surface area contributed by atoms with Gasteiger partial charge in [-0.05, 0) is 47.0 Å². The molecule has 4 heteroatoms. The molecule has 4 rings (SSSR count). The van der Waals surface area contributed by atoms with Gasteiger partial charge in [0, 0.05) is 43.1 Å². The Morgan fingerprint density at radius 2 is 1.73 bits per heavy atom. The van der Waals surface area contributed by atoms with Crippen LogP contribution in [0.15, 0.2) is 60.0 Å². The predicted octanol–water partition coefficient (Wildman–Crippen LogP) is 4.28. The molecule has 0 aliphatic carbocycles. The molecule has 1 aromatic heterocycles. The van der Waals surface area contributed by atoms with Crippen LogP contribution in [0.25, 0.3) is 10.1 Å². The minimum absolute atomic E-state index is 0.805. The first-order valence-electron chi connectivity index (χ1n) is 9.45. The van der Waals surface area contributed by atoms with Crippen molar-refractivity contribution in [1.29, 1.82) is 0 Å². The average molecular weight is 367 g/mol. The molecule has 26 heavy (non-hydrogen) atoms. The monoisotopic (exact) mass is 366 g/mol. The highest BCUT2D eigenvalue weighted by Gasteiger charge is 2.16. The Labute approximate surface area is 159 Å². The molecule has 0 atom stereocenters. The summed E-state index contributed by atoms with van der Waals surface area (Å²) in [6, 6.07) is 19.6. The van der Waals surface area contributed by atoms with Gasteiger partial charge in [0.25, 0.3) is 0 Å². The minimum Gasteiger partial charge on any atom is -0.380 e. The second-order valence-electron chi connectivity index (χ2n) is 6.82. The average Bonchev–Trinajstić information content (AvgIpc) is 3.17. The summed E-state index contributed by atoms with van der Waals surface area (Å²) in [6.45, 7) is 7.10. The van der Waals surface area contributed by atoms with E-state index in [-0.39, 0.29) is 0 Å². The molecule has 1 aliphatic heterocycles. The van der Waals surface area contributed by atoms with Crippen molar-refractivity contribution in [1.82, 2.24) is 4.90 Å². The lowest BCUT2D eigenvalue weighted by Gasteiger charge is -2.36. The van der Waals surface area contributed by atoms with Crippen LogP contribution < -0.4 is 4.90 Å². The summed E-state index contributed by atoms with van der Waals surface area (Å²) in [4.78, 5) is 4.98. The van der Waals surface area contributed by atoms with Gasteiger partial charge in [0.1, 0.15) is 0 Å². The van der Waals surface area contributed by atoms with E-state index in [4.69, 9.17) is 4.74 Å². The Morgan fingerprint density at radius 1 is 0.885 bits per heavy atom. The van der Waals surface area contributed by atoms with E-state index in [0.717, 1.165) is 52.4 Å². The fourth-order valence-electron chi connectivity index (χ4n) is 3.53. The van der Waals surface area contributed by atoms with Gasteiger partial charge in [-0.25, -0.2) is 0 Å². The summed E-state index contributed by atoms with van der Waals surface area (Å²) in [6.07, 6.45) is 0.994. The van der Waals surface area contributed by atoms with Crippen LogP contribution in [0.5, 0.6) is 0 Å². The van der Waals surface area contributed by atoms with Crippen molar-refractivity contribution in [2.24, 2.45) is 0 Å². The SMILES string of the molecule is c1ccc(N2CCN(CCOCCc3ccc4sccc4c3)CC2)cc1. The Morgan fingerprint density at radius 3 is 2.58 bits per heavy atom. The van der Waals surface area contributed by atoms with Gasteiger partial charge in [-0.3, -0.25) is 4.90 Å². The molecule has 0 N–H and O–H groups in total. The molecular weight excluding hydrogens is 340 g/mol. The van der Waals surface area contributed by atoms with Crippen molar-refractivity contribution in [2.45, 2.75) is 6.42 Å². The second kappa shape index (κ2) is 8.67. The maximum Gasteiger partial charge on any atom is 0.0593 e. The van der Waals surface area contributed by atoms with Gasteiger partial charge >= 0.3 is 0 Å². The van der Waals surface area contributed by atoms with Gasteiger partial charge in [0.05, 0.1) is 13.2 Å². The summed E-state index contributed by atoms with van der Waals surface area (Å²) < 4.78 is 7.26. The van der Waals surface area contributed by atoms with Crippen LogP contribution in [-0.2, 0) is 11.2 Å². The molecule has 2 aromatic carbocycles. The van der Waals surface area contributed by atoms with Crippen LogP contribution >= 0.6 is 11.3 Å². The number of nitrogens with zero attached hydrogens (tertiary/aromatic N) is 2. The highest BCUT2D eigenvalue weighted by Crippen LogP contribution is 2.22. The summed E-state index contributed by atoms with van der Waals surface area (Å²) in [5.74, 6) is 0. The lowest BCUT2D eigenvalue weighted by atomic mass is 10.1. The number of para-hydroxylation sites is 1. The van der Waals surface area contributed by atoms with Gasteiger partial charge in [-0.1, -0.05) is 30.3 Å². The van der Waals surface area contributed by atoms with Crippen molar-refractivity contribution >= 4 is 27.1 Å². The first-order valence-corrected chi connectivity index (χ1v) is 10.3. The van der Waals surface area contributed by atoms with E-state index in [1.54, 1.807) is 11.3 Å². The van der Waals surface area contributed by atoms with E-state index in [2.05, 4.69) is 69.8 Å². The Hall–Kier alpha value is -1.88. The van der Waals surface area contributed by atoms with E-state index in [1.807, 2.05) is 0 Å². The number of piperazine rings is 1. The summed E-state index contributed by atoms with van der Waals surface area (Å²) >= 11 is 1.80. The van der Waals surface area contributed by atoms with Crippen molar-refractivity contribution in [2.75, 3.05) is 50.8 Å². The molecule has 3 nitrogen and oxygen atoms in total. The van der Waals surface area contributed by atoms with Gasteiger partial charge in [-0.15, -0.1) is 11.3 Å². The van der Waals surface area contributed by atoms with Gasteiger partial charge in [0.15, 0.2) is 0 Å². The summed E-state index contributed by atoms with van der Waals surface area (Å²) in [5, 5.41) is 3.51. The minimum atomic E-state index is 0.805. The molecular formula is C22H26N2OS. The zero-order valence-electron chi connectivity index (χ0n) is 15.1. The van der Waals surface area contributed by atoms with E-state index in [1.165, 1.54) is 21.3 Å². The molecule has 0 saturated carbocycles. The van der Waals surface area contributed by atoms with Crippen molar-refractivity contribution in [3.05, 3.63) is 65.5 Å². The molecule has 3 aromatic rings. The van der Waals surface area contributed by atoms with Gasteiger partial charge < -0.3 is 9.64 Å². The number of rotatable bonds is 7. The van der Waals surface area contributed by atoms with Crippen molar-refractivity contribution in [3.63, 3.8) is 0 Å². The van der Waals surface area contributed by atoms with Crippen molar-refractivity contribution in [3.8, 4) is 0 Å². The van der Waals surface area contributed by atoms with E-state index in [0.29, 0.717) is 0 Å². The second-order valence-corrected chi connectivity index (χ2v) is 7.77. The Balaban J connectivity index is 1.13. The molecule has 0 spiro atoms. The van der Waals surface area contributed by atoms with Crippen LogP contribution in [0.1, 0.15) is 5.56 Å². The van der Waals surface area contributed by atoms with Crippen LogP contribution in [-0.4, -0.2) is 50.8 Å². The molecule has 0 bridgehead atoms. The lowest BCUT2D eigenvalue weighted by Crippen LogP contribution is -2.47. The third-order valence-corrected chi connectivity index (χ3v) is 6.00. The van der Waals surface area contributed by atoms with Gasteiger partial charge in [0.2, 0.25) is 0 Å². The number of ether oxygens (including phenoxy) is 1. The topological polar surface area (TPSA) is 15.7 Å². The predicted molar refractivity (Wildman–Crippen MR) is 111 cm³/mol. The third kappa shape index (κ3) is 4.44. The summed E-state index contributed by atoms with van der Waals surface area (Å²) in [5.41, 5.74) is 2.71. The molecule has 0 unspecified atom stereocenters. The smallest absolute Gasteiger partial charge is 0.0593 e. The van der Waals surface area contributed by atoms with Crippen LogP contribution in [0.3, 0.4) is 0 Å². The zero-order chi connectivity index (χ0) is 17.6. The quantitative estimate of drug-likeness (QED) is 0.581. The number of fused-ring (bicyclic) bond motifs is 1. The van der Waals surface area contributed by atoms with Crippen LogP contribution in [0.4, 0.5) is 5.69 Å². The highest BCUT2D eigenvalue weighted by atomic mass is 32.1. The molecule has 0 amide bonds. The largest absolute Gasteiger partial charge is 0.380 e. The van der Waals surface area contributed by atoms with Crippen LogP contribution in [0.2, 0.25) is 0 Å². The zero-order valence-corrected chi connectivity index (χ0v) is 16.0. The first-order chi connectivity index (χ1) is 12.9. The molecule has 1 fully saturated rings. The number of anilines is 1. The van der Waals surface area contributed by atoms with Crippen molar-refractivity contribution < 1.29 is 4.74 Å². The highest BCUT2D eigenvalue weighted by molar-refractivity contribution is 7.17. The Kier molecular flexibility index (Phi) is 5.85. The van der Waals surface area contributed by atoms with E-state index < -0.39 is 0 Å². The fourth-order valence-corrected chi connectivity index (χ4v) is 4.30. The molecule has 0 radical (unpaired) electrons. The summed E-state index contributed by atoms with van der Waals surface area (Å²) in [7, 11) is 0. The number of benzene rings is 2. The third-order valence-electron chi connectivity index (χ3n) is 5.10. The number of hydrogen-bond donors (Lipinski definition) is 0. The Bertz CT molecular complexity index is 809. The number of thiophene rings is 1.